The van der Waals surface area contributed by atoms with Crippen LogP contribution in [-0.4, -0.2) is 23.7 Å². The molecule has 14 rings (SSSR count). The van der Waals surface area contributed by atoms with Crippen molar-refractivity contribution in [2.75, 3.05) is 0 Å². The topological polar surface area (TPSA) is 40.6 Å². The first-order valence-electron chi connectivity index (χ1n) is 24.2. The zero-order chi connectivity index (χ0) is 46.3. The monoisotopic (exact) mass is 895 g/mol. The molecule has 0 aliphatic heterocycles. The molecule has 0 amide bonds. The van der Waals surface area contributed by atoms with E-state index in [0.717, 1.165) is 62.5 Å². The highest BCUT2D eigenvalue weighted by Gasteiger charge is 2.25. The third-order valence-electron chi connectivity index (χ3n) is 14.5. The molecular weight excluding hydrogens is 851 g/mol. The van der Waals surface area contributed by atoms with Crippen molar-refractivity contribution in [3.63, 3.8) is 0 Å². The van der Waals surface area contributed by atoms with Crippen LogP contribution in [0.1, 0.15) is 30.5 Å². The maximum absolute atomic E-state index is 5.13. The molecule has 1 aliphatic carbocycles. The van der Waals surface area contributed by atoms with Crippen LogP contribution in [-0.2, 0) is 0 Å². The molecule has 4 aromatic heterocycles. The number of para-hydroxylation sites is 3. The van der Waals surface area contributed by atoms with E-state index in [0.29, 0.717) is 11.7 Å². The summed E-state index contributed by atoms with van der Waals surface area (Å²) in [7, 11) is 0. The molecular formula is C65H45N5. The Hall–Kier alpha value is -9.06. The summed E-state index contributed by atoms with van der Waals surface area (Å²) in [6.45, 7) is 2.36. The van der Waals surface area contributed by atoms with Crippen molar-refractivity contribution in [1.82, 2.24) is 23.7 Å². The van der Waals surface area contributed by atoms with Gasteiger partial charge in [-0.15, -0.1) is 0 Å². The van der Waals surface area contributed by atoms with E-state index in [4.69, 9.17) is 9.97 Å². The van der Waals surface area contributed by atoms with Crippen molar-refractivity contribution < 1.29 is 0 Å². The summed E-state index contributed by atoms with van der Waals surface area (Å²) in [6, 6.07) is 81.0. The normalized spacial score (nSPS) is 13.5. The van der Waals surface area contributed by atoms with Gasteiger partial charge >= 0.3 is 0 Å². The Bertz CT molecular complexity index is 4100. The van der Waals surface area contributed by atoms with E-state index in [9.17, 15) is 0 Å². The molecule has 0 N–H and O–H groups in total. The van der Waals surface area contributed by atoms with Gasteiger partial charge in [-0.3, -0.25) is 0 Å². The van der Waals surface area contributed by atoms with Gasteiger partial charge in [-0.2, -0.15) is 0 Å². The van der Waals surface area contributed by atoms with E-state index in [-0.39, 0.29) is 0 Å². The second kappa shape index (κ2) is 16.0. The lowest BCUT2D eigenvalue weighted by Crippen LogP contribution is -2.07. The predicted molar refractivity (Wildman–Crippen MR) is 291 cm³/mol. The maximum Gasteiger partial charge on any atom is 0.160 e. The van der Waals surface area contributed by atoms with Crippen molar-refractivity contribution in [3.05, 3.63) is 242 Å². The lowest BCUT2D eigenvalue weighted by molar-refractivity contribution is 0.723. The molecule has 13 aromatic rings. The molecule has 0 radical (unpaired) electrons. The average molecular weight is 896 g/mol. The van der Waals surface area contributed by atoms with E-state index in [1.54, 1.807) is 0 Å². The number of benzene rings is 9. The molecule has 9 aromatic carbocycles. The summed E-state index contributed by atoms with van der Waals surface area (Å²) < 4.78 is 7.39. The predicted octanol–water partition coefficient (Wildman–Crippen LogP) is 16.8. The number of hydrogen-bond donors (Lipinski definition) is 0. The Morgan fingerprint density at radius 2 is 0.843 bits per heavy atom. The first-order chi connectivity index (χ1) is 34.6. The smallest absolute Gasteiger partial charge is 0.160 e. The molecule has 4 heterocycles. The van der Waals surface area contributed by atoms with Gasteiger partial charge in [0.1, 0.15) is 0 Å². The summed E-state index contributed by atoms with van der Waals surface area (Å²) in [5.74, 6) is 1.10. The lowest BCUT2D eigenvalue weighted by atomic mass is 9.93. The molecule has 1 unspecified atom stereocenters. The van der Waals surface area contributed by atoms with Gasteiger partial charge in [-0.1, -0.05) is 165 Å². The van der Waals surface area contributed by atoms with E-state index < -0.39 is 0 Å². The first kappa shape index (κ1) is 40.0. The van der Waals surface area contributed by atoms with Gasteiger partial charge in [-0.25, -0.2) is 9.97 Å². The van der Waals surface area contributed by atoms with Crippen LogP contribution in [0.4, 0.5) is 0 Å². The van der Waals surface area contributed by atoms with Crippen LogP contribution in [0.5, 0.6) is 0 Å². The van der Waals surface area contributed by atoms with Crippen LogP contribution >= 0.6 is 0 Å². The van der Waals surface area contributed by atoms with Gasteiger partial charge in [0.15, 0.2) is 5.82 Å². The number of hydrogen-bond acceptors (Lipinski definition) is 2. The first-order valence-corrected chi connectivity index (χ1v) is 24.2. The quantitative estimate of drug-likeness (QED) is 0.160. The number of rotatable bonds is 7. The maximum atomic E-state index is 5.13. The fourth-order valence-corrected chi connectivity index (χ4v) is 11.2. The minimum atomic E-state index is 0.394. The summed E-state index contributed by atoms with van der Waals surface area (Å²) in [5.41, 5.74) is 19.2. The second-order valence-electron chi connectivity index (χ2n) is 18.6. The van der Waals surface area contributed by atoms with Crippen molar-refractivity contribution in [3.8, 4) is 62.1 Å². The Balaban J connectivity index is 0.918. The number of aromatic nitrogens is 5. The van der Waals surface area contributed by atoms with Crippen molar-refractivity contribution >= 4 is 60.6 Å². The van der Waals surface area contributed by atoms with Crippen LogP contribution in [0.15, 0.2) is 231 Å². The van der Waals surface area contributed by atoms with Gasteiger partial charge in [0.2, 0.25) is 0 Å². The summed E-state index contributed by atoms with van der Waals surface area (Å²) in [5, 5.41) is 6.24. The van der Waals surface area contributed by atoms with Gasteiger partial charge in [0, 0.05) is 77.9 Å². The summed E-state index contributed by atoms with van der Waals surface area (Å²) >= 11 is 0. The molecule has 0 saturated heterocycles. The zero-order valence-corrected chi connectivity index (χ0v) is 38.5. The third kappa shape index (κ3) is 6.39. The number of nitrogens with zero attached hydrogens (tertiary/aromatic N) is 5. The summed E-state index contributed by atoms with van der Waals surface area (Å²) in [6.07, 6.45) is 5.69. The van der Waals surface area contributed by atoms with E-state index in [1.807, 2.05) is 24.3 Å². The lowest BCUT2D eigenvalue weighted by Gasteiger charge is -2.19. The van der Waals surface area contributed by atoms with Crippen LogP contribution in [0.25, 0.3) is 123 Å². The molecule has 0 bridgehead atoms. The van der Waals surface area contributed by atoms with Crippen molar-refractivity contribution in [2.45, 2.75) is 19.3 Å². The van der Waals surface area contributed by atoms with Crippen LogP contribution in [0.2, 0.25) is 0 Å². The van der Waals surface area contributed by atoms with Gasteiger partial charge in [-0.05, 0) is 96.4 Å². The summed E-state index contributed by atoms with van der Waals surface area (Å²) in [4.78, 5) is 10.2. The van der Waals surface area contributed by atoms with Gasteiger partial charge < -0.3 is 13.7 Å². The Labute approximate surface area is 405 Å². The van der Waals surface area contributed by atoms with Crippen LogP contribution in [0, 0.1) is 0 Å². The van der Waals surface area contributed by atoms with E-state index in [2.05, 4.69) is 233 Å². The molecule has 1 atom stereocenters. The molecule has 330 valence electrons. The van der Waals surface area contributed by atoms with E-state index >= 15 is 0 Å². The molecule has 5 heteroatoms. The Morgan fingerprint density at radius 1 is 0.357 bits per heavy atom. The Morgan fingerprint density at radius 3 is 1.50 bits per heavy atom. The van der Waals surface area contributed by atoms with Gasteiger partial charge in [0.05, 0.1) is 39.0 Å². The van der Waals surface area contributed by atoms with Crippen molar-refractivity contribution in [2.24, 2.45) is 0 Å². The minimum Gasteiger partial charge on any atom is -0.313 e. The second-order valence-corrected chi connectivity index (χ2v) is 18.6. The highest BCUT2D eigenvalue weighted by Crippen LogP contribution is 2.42. The standard InChI is InChI=1S/C65H45N5/c1-42-16-14-26-54-53-25-10-13-29-61(53)70(64(42)54)50-35-37-63-56(40-50)55-39-49(69-59-27-11-8-23-51(59)52-24-9-12-28-60(52)69)34-36-62(55)68(63)48-32-30-43(31-33-48)46-21-15-22-47(38-46)58-41-57(44-17-4-2-5-18-44)66-65(67-58)45-19-6-3-7-20-45/h2-15,17-42H,16H2,1H3. The fourth-order valence-electron chi connectivity index (χ4n) is 11.2. The highest BCUT2D eigenvalue weighted by atomic mass is 15.0. The average Bonchev–Trinajstić information content (AvgIpc) is 4.07. The molecule has 0 saturated carbocycles. The van der Waals surface area contributed by atoms with Crippen LogP contribution < -0.4 is 0 Å². The molecule has 5 nitrogen and oxygen atoms in total. The zero-order valence-electron chi connectivity index (χ0n) is 38.5. The SMILES string of the molecule is CC1CC=Cc2c1n(-c1ccc3c(c1)c1cc(-n4c5ccccc5c5ccccc54)ccc1n3-c1ccc(-c3cccc(-c4cc(-c5ccccc5)nc(-c5ccccc5)n4)c3)cc1)c1ccccc21. The van der Waals surface area contributed by atoms with Crippen molar-refractivity contribution in [1.29, 1.82) is 0 Å². The largest absolute Gasteiger partial charge is 0.313 e. The molecule has 0 fully saturated rings. The number of allylic oxidation sites excluding steroid dienone is 1. The van der Waals surface area contributed by atoms with Gasteiger partial charge in [0.25, 0.3) is 0 Å². The highest BCUT2D eigenvalue weighted by molar-refractivity contribution is 6.13. The third-order valence-corrected chi connectivity index (χ3v) is 14.5. The minimum absolute atomic E-state index is 0.394. The number of fused-ring (bicyclic) bond motifs is 9. The van der Waals surface area contributed by atoms with Crippen LogP contribution in [0.3, 0.4) is 0 Å². The molecule has 0 spiro atoms. The fraction of sp³-hybridized carbons (Fsp3) is 0.0462. The Kier molecular flexibility index (Phi) is 9.18. The molecule has 70 heavy (non-hydrogen) atoms. The molecule has 1 aliphatic rings. The van der Waals surface area contributed by atoms with E-state index in [1.165, 1.54) is 65.9 Å².